The number of halogens is 2. The normalized spacial score (nSPS) is 16.2. The average Bonchev–Trinajstić information content (AvgIpc) is 2.77. The van der Waals surface area contributed by atoms with Crippen LogP contribution >= 0.6 is 7.53 Å². The van der Waals surface area contributed by atoms with Gasteiger partial charge in [0.05, 0.1) is 0 Å². The van der Waals surface area contributed by atoms with E-state index in [4.69, 9.17) is 0 Å². The molecule has 1 aromatic carbocycles. The van der Waals surface area contributed by atoms with E-state index in [0.29, 0.717) is 5.66 Å². The minimum atomic E-state index is -0.198. The van der Waals surface area contributed by atoms with Gasteiger partial charge in [0.1, 0.15) is 0 Å². The first-order valence-electron chi connectivity index (χ1n) is 6.01. The molecule has 1 aliphatic carbocycles. The standard InChI is InChI=1S/C16H16P.2ClH.Ti/c1-11-8-13(3)17(10-11)16-12(2)9-14-6-4-5-7-15(14)16;;;/h4-7,9-10,16H,1-3H3;2*1H;/q-1;;;+3/p-2. The molecule has 0 saturated carbocycles. The maximum absolute atomic E-state index is 3.47. The van der Waals surface area contributed by atoms with Crippen LogP contribution < -0.4 is 24.8 Å². The Morgan fingerprint density at radius 2 is 1.70 bits per heavy atom. The van der Waals surface area contributed by atoms with Crippen molar-refractivity contribution in [3.63, 3.8) is 0 Å². The smallest absolute Gasteiger partial charge is 1.00 e. The van der Waals surface area contributed by atoms with Crippen LogP contribution in [0.25, 0.3) is 6.08 Å². The van der Waals surface area contributed by atoms with Gasteiger partial charge in [-0.3, -0.25) is 0 Å². The largest absolute Gasteiger partial charge is 3.00 e. The summed E-state index contributed by atoms with van der Waals surface area (Å²) in [6, 6.07) is 12.3. The van der Waals surface area contributed by atoms with E-state index in [1.807, 2.05) is 0 Å². The molecule has 0 aliphatic heterocycles. The summed E-state index contributed by atoms with van der Waals surface area (Å²) in [7, 11) is -0.198. The fraction of sp³-hybridized carbons (Fsp3) is 0.250. The molecule has 2 atom stereocenters. The van der Waals surface area contributed by atoms with Crippen molar-refractivity contribution < 1.29 is 46.5 Å². The van der Waals surface area contributed by atoms with Crippen molar-refractivity contribution in [2.24, 2.45) is 0 Å². The molecular formula is C16H16Cl2PTi. The quantitative estimate of drug-likeness (QED) is 0.458. The first-order valence-corrected chi connectivity index (χ1v) is 7.49. The van der Waals surface area contributed by atoms with Gasteiger partial charge in [-0.15, -0.1) is 5.30 Å². The zero-order valence-electron chi connectivity index (χ0n) is 11.7. The van der Waals surface area contributed by atoms with E-state index in [1.54, 1.807) is 0 Å². The van der Waals surface area contributed by atoms with Gasteiger partial charge in [0.15, 0.2) is 0 Å². The van der Waals surface area contributed by atoms with Gasteiger partial charge in [-0.1, -0.05) is 49.8 Å². The number of allylic oxidation sites excluding steroid dienone is 1. The van der Waals surface area contributed by atoms with Gasteiger partial charge in [0, 0.05) is 5.66 Å². The predicted octanol–water partition coefficient (Wildman–Crippen LogP) is -0.898. The molecule has 4 heteroatoms. The molecule has 0 fully saturated rings. The molecule has 3 rings (SSSR count). The van der Waals surface area contributed by atoms with Crippen molar-refractivity contribution in [2.45, 2.75) is 26.4 Å². The first kappa shape index (κ1) is 20.0. The molecule has 20 heavy (non-hydrogen) atoms. The summed E-state index contributed by atoms with van der Waals surface area (Å²) in [5, 5.41) is 1.44. The van der Waals surface area contributed by atoms with Crippen molar-refractivity contribution in [3.05, 3.63) is 63.7 Å². The molecule has 0 N–H and O–H groups in total. The fourth-order valence-corrected chi connectivity index (χ4v) is 5.35. The predicted molar refractivity (Wildman–Crippen MR) is 75.7 cm³/mol. The Balaban J connectivity index is 0.00000120. The summed E-state index contributed by atoms with van der Waals surface area (Å²) >= 11 is 0. The van der Waals surface area contributed by atoms with Crippen LogP contribution in [0.5, 0.6) is 0 Å². The molecule has 1 aromatic heterocycles. The number of fused-ring (bicyclic) bond motifs is 1. The van der Waals surface area contributed by atoms with Crippen LogP contribution in [0.15, 0.2) is 35.6 Å². The summed E-state index contributed by atoms with van der Waals surface area (Å²) < 4.78 is 0. The van der Waals surface area contributed by atoms with Crippen molar-refractivity contribution in [1.82, 2.24) is 0 Å². The van der Waals surface area contributed by atoms with Crippen molar-refractivity contribution in [1.29, 1.82) is 0 Å². The zero-order chi connectivity index (χ0) is 12.0. The molecule has 1 aliphatic rings. The van der Waals surface area contributed by atoms with E-state index in [2.05, 4.69) is 63.0 Å². The zero-order valence-corrected chi connectivity index (χ0v) is 15.7. The van der Waals surface area contributed by atoms with E-state index >= 15 is 0 Å². The van der Waals surface area contributed by atoms with Crippen LogP contribution in [0.3, 0.4) is 0 Å². The second kappa shape index (κ2) is 7.88. The van der Waals surface area contributed by atoms with E-state index in [0.717, 1.165) is 0 Å². The van der Waals surface area contributed by atoms with Gasteiger partial charge in [0.25, 0.3) is 0 Å². The molecule has 0 saturated heterocycles. The molecule has 0 bridgehead atoms. The van der Waals surface area contributed by atoms with E-state index < -0.39 is 0 Å². The molecule has 1 heterocycles. The van der Waals surface area contributed by atoms with Crippen LogP contribution in [0, 0.1) is 19.9 Å². The molecule has 1 radical (unpaired) electrons. The fourth-order valence-electron chi connectivity index (χ4n) is 2.79. The number of benzene rings is 1. The molecule has 0 amide bonds. The Hall–Kier alpha value is 0.0343. The van der Waals surface area contributed by atoms with Gasteiger partial charge in [-0.25, -0.2) is 19.2 Å². The monoisotopic (exact) mass is 357 g/mol. The van der Waals surface area contributed by atoms with Gasteiger partial charge >= 0.3 is 21.7 Å². The maximum atomic E-state index is 3.47. The Labute approximate surface area is 149 Å². The maximum Gasteiger partial charge on any atom is 3.00 e. The van der Waals surface area contributed by atoms with Crippen LogP contribution in [0.4, 0.5) is 0 Å². The Morgan fingerprint density at radius 1 is 1.05 bits per heavy atom. The summed E-state index contributed by atoms with van der Waals surface area (Å²) in [6.45, 7) is 6.65. The Kier molecular flexibility index (Phi) is 7.89. The summed E-state index contributed by atoms with van der Waals surface area (Å²) in [5.74, 6) is 2.43. The van der Waals surface area contributed by atoms with Crippen LogP contribution in [0.1, 0.15) is 34.6 Å². The summed E-state index contributed by atoms with van der Waals surface area (Å²) in [5.41, 5.74) is 6.31. The third-order valence-electron chi connectivity index (χ3n) is 3.48. The average molecular weight is 358 g/mol. The van der Waals surface area contributed by atoms with Crippen LogP contribution in [0.2, 0.25) is 0 Å². The first-order chi connectivity index (χ1) is 8.16. The van der Waals surface area contributed by atoms with Crippen LogP contribution in [-0.2, 0) is 21.7 Å². The summed E-state index contributed by atoms with van der Waals surface area (Å²) in [4.78, 5) is 0. The van der Waals surface area contributed by atoms with Gasteiger partial charge in [-0.05, 0) is 18.1 Å². The van der Waals surface area contributed by atoms with Gasteiger partial charge < -0.3 is 24.8 Å². The number of aryl methyl sites for hydroxylation is 2. The SMILES string of the molecule is CC1=Cc2ccccc2C1p1cc(C)[c-]c1C.[Cl-].[Cl-].[Ti+3]. The summed E-state index contributed by atoms with van der Waals surface area (Å²) in [6.07, 6.45) is 2.34. The van der Waals surface area contributed by atoms with Crippen molar-refractivity contribution in [2.75, 3.05) is 0 Å². The van der Waals surface area contributed by atoms with Crippen molar-refractivity contribution >= 4 is 13.6 Å². The number of rotatable bonds is 1. The molecule has 0 spiro atoms. The topological polar surface area (TPSA) is 0 Å². The van der Waals surface area contributed by atoms with E-state index in [9.17, 15) is 0 Å². The third kappa shape index (κ3) is 3.43. The number of hydrogen-bond acceptors (Lipinski definition) is 0. The third-order valence-corrected chi connectivity index (χ3v) is 6.28. The molecule has 2 aromatic rings. The second-order valence-electron chi connectivity index (χ2n) is 4.85. The van der Waals surface area contributed by atoms with Crippen LogP contribution in [-0.4, -0.2) is 0 Å². The Morgan fingerprint density at radius 3 is 2.30 bits per heavy atom. The Bertz CT molecular complexity index is 617. The minimum absolute atomic E-state index is 0. The molecule has 0 nitrogen and oxygen atoms in total. The van der Waals surface area contributed by atoms with E-state index in [-0.39, 0.29) is 54.1 Å². The molecular weight excluding hydrogens is 342 g/mol. The van der Waals surface area contributed by atoms with Gasteiger partial charge in [0.2, 0.25) is 0 Å². The second-order valence-corrected chi connectivity index (χ2v) is 7.11. The van der Waals surface area contributed by atoms with E-state index in [1.165, 1.54) is 27.6 Å². The molecule has 103 valence electrons. The van der Waals surface area contributed by atoms with Crippen molar-refractivity contribution in [3.8, 4) is 0 Å². The van der Waals surface area contributed by atoms with Gasteiger partial charge in [-0.2, -0.15) is 5.80 Å². The molecule has 2 unspecified atom stereocenters. The number of hydrogen-bond donors (Lipinski definition) is 0. The minimum Gasteiger partial charge on any atom is -1.00 e.